The van der Waals surface area contributed by atoms with Crippen LogP contribution >= 0.6 is 0 Å². The number of aryl methyl sites for hydroxylation is 1. The van der Waals surface area contributed by atoms with Gasteiger partial charge in [0.05, 0.1) is 5.56 Å². The van der Waals surface area contributed by atoms with Gasteiger partial charge in [-0.1, -0.05) is 30.3 Å². The van der Waals surface area contributed by atoms with Crippen molar-refractivity contribution in [3.63, 3.8) is 0 Å². The lowest BCUT2D eigenvalue weighted by Crippen LogP contribution is -2.25. The first kappa shape index (κ1) is 17.0. The molecule has 0 saturated heterocycles. The molecule has 23 heavy (non-hydrogen) atoms. The van der Waals surface area contributed by atoms with Crippen LogP contribution in [0.2, 0.25) is 0 Å². The van der Waals surface area contributed by atoms with Crippen molar-refractivity contribution >= 4 is 11.7 Å². The molecule has 0 amide bonds. The molecule has 0 atom stereocenters. The van der Waals surface area contributed by atoms with E-state index in [0.717, 1.165) is 25.9 Å². The Bertz CT molecular complexity index is 597. The summed E-state index contributed by atoms with van der Waals surface area (Å²) in [5.41, 5.74) is 8.13. The second-order valence-electron chi connectivity index (χ2n) is 5.65. The smallest absolute Gasteiger partial charge is 0.338 e. The zero-order valence-corrected chi connectivity index (χ0v) is 13.6. The third-order valence-corrected chi connectivity index (χ3v) is 3.70. The number of hydrogen-bond donors (Lipinski definition) is 1. The number of carbonyl (C=O) groups is 1. The second-order valence-corrected chi connectivity index (χ2v) is 5.65. The lowest BCUT2D eigenvalue weighted by molar-refractivity contribution is 0.0473. The maximum Gasteiger partial charge on any atom is 0.338 e. The molecule has 0 spiro atoms. The van der Waals surface area contributed by atoms with Gasteiger partial charge in [0.1, 0.15) is 6.61 Å². The number of benzene rings is 2. The Morgan fingerprint density at radius 1 is 1.04 bits per heavy atom. The summed E-state index contributed by atoms with van der Waals surface area (Å²) in [6.45, 7) is 2.11. The summed E-state index contributed by atoms with van der Waals surface area (Å²) in [4.78, 5) is 14.0. The van der Waals surface area contributed by atoms with Crippen LogP contribution in [0.25, 0.3) is 0 Å². The highest BCUT2D eigenvalue weighted by atomic mass is 16.5. The van der Waals surface area contributed by atoms with Crippen LogP contribution in [0, 0.1) is 0 Å². The van der Waals surface area contributed by atoms with Gasteiger partial charge in [-0.15, -0.1) is 0 Å². The highest BCUT2D eigenvalue weighted by Crippen LogP contribution is 2.07. The number of esters is 1. The van der Waals surface area contributed by atoms with E-state index in [-0.39, 0.29) is 5.97 Å². The predicted molar refractivity (Wildman–Crippen MR) is 93.4 cm³/mol. The van der Waals surface area contributed by atoms with Gasteiger partial charge in [-0.2, -0.15) is 0 Å². The molecule has 0 bridgehead atoms. The standard InChI is InChI=1S/C19H24N2O2/c1-21(13-5-8-16-6-3-2-4-7-16)14-15-23-19(22)17-9-11-18(20)12-10-17/h2-4,6-7,9-12H,5,8,13-15,20H2,1H3. The van der Waals surface area contributed by atoms with Gasteiger partial charge >= 0.3 is 5.97 Å². The van der Waals surface area contributed by atoms with Crippen molar-refractivity contribution in [2.75, 3.05) is 32.5 Å². The molecule has 0 heterocycles. The Hall–Kier alpha value is -2.33. The van der Waals surface area contributed by atoms with Crippen molar-refractivity contribution in [2.45, 2.75) is 12.8 Å². The molecule has 122 valence electrons. The van der Waals surface area contributed by atoms with Gasteiger partial charge in [-0.05, 0) is 56.3 Å². The maximum absolute atomic E-state index is 11.9. The monoisotopic (exact) mass is 312 g/mol. The Balaban J connectivity index is 1.61. The van der Waals surface area contributed by atoms with E-state index >= 15 is 0 Å². The van der Waals surface area contributed by atoms with Crippen molar-refractivity contribution in [1.29, 1.82) is 0 Å². The topological polar surface area (TPSA) is 55.6 Å². The fourth-order valence-electron chi connectivity index (χ4n) is 2.31. The normalized spacial score (nSPS) is 10.7. The van der Waals surface area contributed by atoms with E-state index in [4.69, 9.17) is 10.5 Å². The largest absolute Gasteiger partial charge is 0.461 e. The summed E-state index contributed by atoms with van der Waals surface area (Å²) in [5.74, 6) is -0.303. The maximum atomic E-state index is 11.9. The van der Waals surface area contributed by atoms with E-state index in [1.54, 1.807) is 24.3 Å². The summed E-state index contributed by atoms with van der Waals surface area (Å²) in [6.07, 6.45) is 2.16. The summed E-state index contributed by atoms with van der Waals surface area (Å²) in [5, 5.41) is 0. The van der Waals surface area contributed by atoms with Crippen molar-refractivity contribution in [3.05, 3.63) is 65.7 Å². The van der Waals surface area contributed by atoms with Crippen LogP contribution in [-0.4, -0.2) is 37.6 Å². The van der Waals surface area contributed by atoms with Gasteiger partial charge < -0.3 is 15.4 Å². The van der Waals surface area contributed by atoms with Gasteiger partial charge in [-0.3, -0.25) is 0 Å². The number of anilines is 1. The average molecular weight is 312 g/mol. The third kappa shape index (κ3) is 6.12. The van der Waals surface area contributed by atoms with E-state index in [0.29, 0.717) is 17.9 Å². The molecular formula is C19H24N2O2. The highest BCUT2D eigenvalue weighted by molar-refractivity contribution is 5.89. The van der Waals surface area contributed by atoms with Crippen molar-refractivity contribution in [1.82, 2.24) is 4.90 Å². The van der Waals surface area contributed by atoms with Crippen molar-refractivity contribution in [2.24, 2.45) is 0 Å². The zero-order chi connectivity index (χ0) is 16.5. The molecule has 2 aromatic carbocycles. The summed E-state index contributed by atoms with van der Waals surface area (Å²) < 4.78 is 5.28. The number of carbonyl (C=O) groups excluding carboxylic acids is 1. The van der Waals surface area contributed by atoms with E-state index in [1.165, 1.54) is 5.56 Å². The SMILES string of the molecule is CN(CCCc1ccccc1)CCOC(=O)c1ccc(N)cc1. The van der Waals surface area contributed by atoms with Gasteiger partial charge in [0, 0.05) is 12.2 Å². The first-order valence-corrected chi connectivity index (χ1v) is 7.90. The minimum Gasteiger partial charge on any atom is -0.461 e. The number of ether oxygens (including phenoxy) is 1. The number of nitrogens with zero attached hydrogens (tertiary/aromatic N) is 1. The molecule has 0 saturated carbocycles. The molecule has 0 fully saturated rings. The fraction of sp³-hybridized carbons (Fsp3) is 0.316. The van der Waals surface area contributed by atoms with Gasteiger partial charge in [-0.25, -0.2) is 4.79 Å². The van der Waals surface area contributed by atoms with E-state index in [1.807, 2.05) is 13.1 Å². The second kappa shape index (κ2) is 8.96. The van der Waals surface area contributed by atoms with Crippen molar-refractivity contribution in [3.8, 4) is 0 Å². The Morgan fingerprint density at radius 2 is 1.74 bits per heavy atom. The number of hydrogen-bond acceptors (Lipinski definition) is 4. The molecule has 2 N–H and O–H groups in total. The van der Waals surface area contributed by atoms with Crippen LogP contribution in [0.4, 0.5) is 5.69 Å². The molecule has 0 aliphatic carbocycles. The Labute approximate surface area is 137 Å². The summed E-state index contributed by atoms with van der Waals surface area (Å²) >= 11 is 0. The van der Waals surface area contributed by atoms with Crippen molar-refractivity contribution < 1.29 is 9.53 Å². The molecule has 2 rings (SSSR count). The van der Waals surface area contributed by atoms with Crippen LogP contribution in [-0.2, 0) is 11.2 Å². The van der Waals surface area contributed by atoms with Gasteiger partial charge in [0.25, 0.3) is 0 Å². The van der Waals surface area contributed by atoms with Crippen LogP contribution in [0.5, 0.6) is 0 Å². The minimum absolute atomic E-state index is 0.303. The summed E-state index contributed by atoms with van der Waals surface area (Å²) in [7, 11) is 2.04. The number of likely N-dealkylation sites (N-methyl/N-ethyl adjacent to an activating group) is 1. The van der Waals surface area contributed by atoms with E-state index < -0.39 is 0 Å². The predicted octanol–water partition coefficient (Wildman–Crippen LogP) is 2.99. The Kier molecular flexibility index (Phi) is 6.63. The zero-order valence-electron chi connectivity index (χ0n) is 13.6. The lowest BCUT2D eigenvalue weighted by atomic mass is 10.1. The molecule has 0 aliphatic rings. The molecule has 0 aliphatic heterocycles. The molecular weight excluding hydrogens is 288 g/mol. The Morgan fingerprint density at radius 3 is 2.43 bits per heavy atom. The van der Waals surface area contributed by atoms with Gasteiger partial charge in [0.15, 0.2) is 0 Å². The molecule has 4 heteroatoms. The van der Waals surface area contributed by atoms with E-state index in [9.17, 15) is 4.79 Å². The minimum atomic E-state index is -0.303. The first-order valence-electron chi connectivity index (χ1n) is 7.90. The average Bonchev–Trinajstić information content (AvgIpc) is 2.56. The van der Waals surface area contributed by atoms with E-state index in [2.05, 4.69) is 29.2 Å². The van der Waals surface area contributed by atoms with Crippen LogP contribution in [0.15, 0.2) is 54.6 Å². The highest BCUT2D eigenvalue weighted by Gasteiger charge is 2.07. The quantitative estimate of drug-likeness (QED) is 0.601. The fourth-order valence-corrected chi connectivity index (χ4v) is 2.31. The molecule has 0 radical (unpaired) electrons. The van der Waals surface area contributed by atoms with Gasteiger partial charge in [0.2, 0.25) is 0 Å². The molecule has 0 aromatic heterocycles. The summed E-state index contributed by atoms with van der Waals surface area (Å²) in [6, 6.07) is 17.2. The number of nitrogen functional groups attached to an aromatic ring is 1. The van der Waals surface area contributed by atoms with Crippen LogP contribution in [0.1, 0.15) is 22.3 Å². The lowest BCUT2D eigenvalue weighted by Gasteiger charge is -2.16. The van der Waals surface area contributed by atoms with Crippen LogP contribution in [0.3, 0.4) is 0 Å². The molecule has 2 aromatic rings. The molecule has 0 unspecified atom stereocenters. The third-order valence-electron chi connectivity index (χ3n) is 3.70. The number of rotatable bonds is 8. The number of nitrogens with two attached hydrogens (primary N) is 1. The first-order chi connectivity index (χ1) is 11.1. The molecule has 4 nitrogen and oxygen atoms in total. The van der Waals surface area contributed by atoms with Crippen LogP contribution < -0.4 is 5.73 Å².